The van der Waals surface area contributed by atoms with Gasteiger partial charge in [-0.25, -0.2) is 4.68 Å². The summed E-state index contributed by atoms with van der Waals surface area (Å²) in [7, 11) is 0. The Morgan fingerprint density at radius 1 is 1.03 bits per heavy atom. The summed E-state index contributed by atoms with van der Waals surface area (Å²) in [5.74, 6) is -0.451. The summed E-state index contributed by atoms with van der Waals surface area (Å²) in [6, 6.07) is 18.6. The van der Waals surface area contributed by atoms with Gasteiger partial charge in [0.2, 0.25) is 0 Å². The van der Waals surface area contributed by atoms with E-state index in [0.29, 0.717) is 12.2 Å². The summed E-state index contributed by atoms with van der Waals surface area (Å²) in [4.78, 5) is 28.6. The lowest BCUT2D eigenvalue weighted by molar-refractivity contribution is 0.0907. The summed E-state index contributed by atoms with van der Waals surface area (Å²) < 4.78 is 6.31. The Hall–Kier alpha value is -4.07. The normalized spacial score (nSPS) is 10.8. The lowest BCUT2D eigenvalue weighted by Crippen LogP contribution is -2.24. The molecule has 4 rings (SSSR count). The van der Waals surface area contributed by atoms with Crippen molar-refractivity contribution in [3.8, 4) is 11.3 Å². The van der Waals surface area contributed by atoms with Crippen LogP contribution in [0.3, 0.4) is 0 Å². The van der Waals surface area contributed by atoms with Crippen LogP contribution in [0, 0.1) is 13.8 Å². The van der Waals surface area contributed by atoms with Crippen LogP contribution in [0.1, 0.15) is 33.2 Å². The molecule has 0 unspecified atom stereocenters. The first-order chi connectivity index (χ1) is 15.0. The Morgan fingerprint density at radius 2 is 1.84 bits per heavy atom. The number of carbonyl (C=O) groups excluding carboxylic acids is 1. The quantitative estimate of drug-likeness (QED) is 0.519. The molecular formula is C23H21N5O3. The van der Waals surface area contributed by atoms with Crippen molar-refractivity contribution in [2.24, 2.45) is 0 Å². The zero-order valence-electron chi connectivity index (χ0n) is 17.2. The van der Waals surface area contributed by atoms with E-state index < -0.39 is 5.91 Å². The predicted octanol–water partition coefficient (Wildman–Crippen LogP) is 2.89. The molecule has 2 aromatic heterocycles. The smallest absolute Gasteiger partial charge is 0.316 e. The number of hydrogen-bond donors (Lipinski definition) is 1. The van der Waals surface area contributed by atoms with Crippen LogP contribution in [0.5, 0.6) is 0 Å². The van der Waals surface area contributed by atoms with E-state index >= 15 is 0 Å². The van der Waals surface area contributed by atoms with Crippen molar-refractivity contribution in [2.45, 2.75) is 26.9 Å². The molecule has 0 bridgehead atoms. The van der Waals surface area contributed by atoms with Crippen LogP contribution in [0.2, 0.25) is 0 Å². The van der Waals surface area contributed by atoms with Crippen molar-refractivity contribution >= 4 is 5.91 Å². The van der Waals surface area contributed by atoms with E-state index in [1.165, 1.54) is 16.3 Å². The van der Waals surface area contributed by atoms with Crippen LogP contribution in [-0.4, -0.2) is 25.8 Å². The number of aromatic nitrogens is 4. The number of benzene rings is 2. The maximum absolute atomic E-state index is 12.3. The highest BCUT2D eigenvalue weighted by Crippen LogP contribution is 2.19. The zero-order valence-corrected chi connectivity index (χ0v) is 17.2. The van der Waals surface area contributed by atoms with Gasteiger partial charge in [0.1, 0.15) is 6.54 Å². The van der Waals surface area contributed by atoms with E-state index in [1.54, 1.807) is 6.07 Å². The van der Waals surface area contributed by atoms with E-state index in [9.17, 15) is 9.59 Å². The highest BCUT2D eigenvalue weighted by Gasteiger charge is 2.16. The fraction of sp³-hybridized carbons (Fsp3) is 0.174. The summed E-state index contributed by atoms with van der Waals surface area (Å²) >= 11 is 0. The molecule has 1 amide bonds. The van der Waals surface area contributed by atoms with E-state index in [0.717, 1.165) is 16.7 Å². The van der Waals surface area contributed by atoms with Crippen molar-refractivity contribution in [2.75, 3.05) is 0 Å². The molecule has 0 saturated carbocycles. The fourth-order valence-corrected chi connectivity index (χ4v) is 3.02. The number of nitrogens with zero attached hydrogens (tertiary/aromatic N) is 4. The van der Waals surface area contributed by atoms with Crippen LogP contribution in [-0.2, 0) is 13.1 Å². The molecule has 0 aliphatic heterocycles. The zero-order chi connectivity index (χ0) is 21.8. The van der Waals surface area contributed by atoms with Crippen LogP contribution >= 0.6 is 0 Å². The maximum atomic E-state index is 12.3. The van der Waals surface area contributed by atoms with Gasteiger partial charge in [-0.2, -0.15) is 10.1 Å². The summed E-state index contributed by atoms with van der Waals surface area (Å²) in [5.41, 5.74) is 4.54. The topological polar surface area (TPSA) is 103 Å². The van der Waals surface area contributed by atoms with Gasteiger partial charge in [-0.15, -0.1) is 0 Å². The average molecular weight is 415 g/mol. The molecule has 2 heterocycles. The summed E-state index contributed by atoms with van der Waals surface area (Å²) in [5, 5.41) is 11.0. The van der Waals surface area contributed by atoms with Gasteiger partial charge in [-0.1, -0.05) is 47.6 Å². The molecule has 0 aliphatic rings. The van der Waals surface area contributed by atoms with Crippen molar-refractivity contribution < 1.29 is 9.32 Å². The average Bonchev–Trinajstić information content (AvgIpc) is 3.25. The standard InChI is InChI=1S/C23H21N5O3/c1-15-8-9-18(12-16(15)2)19-10-11-21(29)28(26-19)14-20-25-23(31-27-20)22(30)24-13-17-6-4-3-5-7-17/h3-12H,13-14H2,1-2H3,(H,24,30). The molecule has 2 aromatic carbocycles. The number of aryl methyl sites for hydroxylation is 2. The minimum Gasteiger partial charge on any atom is -0.344 e. The number of hydrogen-bond acceptors (Lipinski definition) is 6. The third-order valence-corrected chi connectivity index (χ3v) is 4.92. The second kappa shape index (κ2) is 8.74. The van der Waals surface area contributed by atoms with Crippen LogP contribution in [0.25, 0.3) is 11.3 Å². The Kier molecular flexibility index (Phi) is 5.70. The van der Waals surface area contributed by atoms with E-state index in [4.69, 9.17) is 4.52 Å². The van der Waals surface area contributed by atoms with Gasteiger partial charge in [0.05, 0.1) is 5.69 Å². The fourth-order valence-electron chi connectivity index (χ4n) is 3.02. The van der Waals surface area contributed by atoms with Gasteiger partial charge < -0.3 is 9.84 Å². The lowest BCUT2D eigenvalue weighted by Gasteiger charge is -2.07. The molecular weight excluding hydrogens is 394 g/mol. The Labute approximate surface area is 178 Å². The molecule has 156 valence electrons. The molecule has 0 aliphatic carbocycles. The van der Waals surface area contributed by atoms with Gasteiger partial charge in [0, 0.05) is 18.2 Å². The Balaban J connectivity index is 1.48. The third-order valence-electron chi connectivity index (χ3n) is 4.92. The first-order valence-corrected chi connectivity index (χ1v) is 9.80. The first kappa shape index (κ1) is 20.2. The molecule has 0 fully saturated rings. The second-order valence-corrected chi connectivity index (χ2v) is 7.20. The highest BCUT2D eigenvalue weighted by molar-refractivity contribution is 5.89. The first-order valence-electron chi connectivity index (χ1n) is 9.80. The molecule has 0 spiro atoms. The largest absolute Gasteiger partial charge is 0.344 e. The predicted molar refractivity (Wildman–Crippen MR) is 114 cm³/mol. The van der Waals surface area contributed by atoms with Crippen molar-refractivity contribution in [3.63, 3.8) is 0 Å². The molecule has 1 N–H and O–H groups in total. The number of amides is 1. The summed E-state index contributed by atoms with van der Waals surface area (Å²) in [6.07, 6.45) is 0. The van der Waals surface area contributed by atoms with Gasteiger partial charge in [-0.05, 0) is 42.7 Å². The Morgan fingerprint density at radius 3 is 2.61 bits per heavy atom. The van der Waals surface area contributed by atoms with Gasteiger partial charge in [0.15, 0.2) is 5.82 Å². The number of carbonyl (C=O) groups is 1. The molecule has 31 heavy (non-hydrogen) atoms. The molecule has 4 aromatic rings. The number of nitrogens with one attached hydrogen (secondary N) is 1. The number of rotatable bonds is 6. The van der Waals surface area contributed by atoms with Crippen LogP contribution in [0.4, 0.5) is 0 Å². The molecule has 0 atom stereocenters. The molecule has 0 radical (unpaired) electrons. The van der Waals surface area contributed by atoms with Crippen molar-refractivity contribution in [3.05, 3.63) is 99.4 Å². The van der Waals surface area contributed by atoms with Crippen molar-refractivity contribution in [1.29, 1.82) is 0 Å². The van der Waals surface area contributed by atoms with Crippen molar-refractivity contribution in [1.82, 2.24) is 25.2 Å². The third kappa shape index (κ3) is 4.75. The Bertz CT molecular complexity index is 1280. The van der Waals surface area contributed by atoms with E-state index in [1.807, 2.05) is 62.4 Å². The van der Waals surface area contributed by atoms with Crippen LogP contribution < -0.4 is 10.9 Å². The van der Waals surface area contributed by atoms with Gasteiger partial charge in [0.25, 0.3) is 5.56 Å². The minimum absolute atomic E-state index is 0.00696. The highest BCUT2D eigenvalue weighted by atomic mass is 16.5. The van der Waals surface area contributed by atoms with E-state index in [-0.39, 0.29) is 23.8 Å². The van der Waals surface area contributed by atoms with Gasteiger partial charge >= 0.3 is 11.8 Å². The maximum Gasteiger partial charge on any atom is 0.316 e. The SMILES string of the molecule is Cc1ccc(-c2ccc(=O)n(Cc3noc(C(=O)NCc4ccccc4)n3)n2)cc1C. The second-order valence-electron chi connectivity index (χ2n) is 7.20. The summed E-state index contributed by atoms with van der Waals surface area (Å²) in [6.45, 7) is 4.40. The lowest BCUT2D eigenvalue weighted by atomic mass is 10.0. The van der Waals surface area contributed by atoms with E-state index in [2.05, 4.69) is 20.6 Å². The van der Waals surface area contributed by atoms with Crippen LogP contribution in [0.15, 0.2) is 70.0 Å². The monoisotopic (exact) mass is 415 g/mol. The van der Waals surface area contributed by atoms with Gasteiger partial charge in [-0.3, -0.25) is 9.59 Å². The molecule has 8 heteroatoms. The molecule has 8 nitrogen and oxygen atoms in total. The molecule has 0 saturated heterocycles. The minimum atomic E-state index is -0.480.